The molecule has 0 aromatic carbocycles. The molecule has 8 nitrogen and oxygen atoms in total. The average Bonchev–Trinajstić information content (AvgIpc) is 3.20. The summed E-state index contributed by atoms with van der Waals surface area (Å²) in [7, 11) is 0. The molecule has 0 bridgehead atoms. The summed E-state index contributed by atoms with van der Waals surface area (Å²) in [5, 5.41) is 9.81. The van der Waals surface area contributed by atoms with Gasteiger partial charge in [-0.15, -0.1) is 0 Å². The molecule has 0 atom stereocenters. The maximum Gasteiger partial charge on any atom is 0.249 e. The van der Waals surface area contributed by atoms with Gasteiger partial charge >= 0.3 is 0 Å². The molecule has 2 saturated heterocycles. The Hall–Kier alpha value is -2.40. The monoisotopic (exact) mass is 451 g/mol. The molecule has 32 heavy (non-hydrogen) atoms. The molecule has 0 amide bonds. The lowest BCUT2D eigenvalue weighted by atomic mass is 9.79. The maximum atomic E-state index is 15.4. The van der Waals surface area contributed by atoms with Crippen LogP contribution in [0.15, 0.2) is 6.07 Å². The van der Waals surface area contributed by atoms with Gasteiger partial charge in [-0.25, -0.2) is 18.7 Å². The van der Waals surface area contributed by atoms with E-state index in [0.717, 1.165) is 26.3 Å². The molecule has 1 saturated carbocycles. The van der Waals surface area contributed by atoms with E-state index in [9.17, 15) is 8.78 Å². The van der Waals surface area contributed by atoms with Crippen LogP contribution in [0.1, 0.15) is 44.1 Å². The fourth-order valence-corrected chi connectivity index (χ4v) is 4.58. The van der Waals surface area contributed by atoms with Crippen LogP contribution in [0, 0.1) is 5.82 Å². The van der Waals surface area contributed by atoms with Gasteiger partial charge in [0.2, 0.25) is 11.7 Å². The van der Waals surface area contributed by atoms with E-state index < -0.39 is 11.7 Å². The zero-order valence-electron chi connectivity index (χ0n) is 18.3. The van der Waals surface area contributed by atoms with Gasteiger partial charge in [0.25, 0.3) is 0 Å². The molecule has 174 valence electrons. The third kappa shape index (κ3) is 3.92. The molecule has 4 heterocycles. The zero-order valence-corrected chi connectivity index (χ0v) is 18.3. The molecule has 3 fully saturated rings. The predicted octanol–water partition coefficient (Wildman–Crippen LogP) is 3.07. The minimum absolute atomic E-state index is 0.0469. The molecule has 0 unspecified atom stereocenters. The third-order valence-electron chi connectivity index (χ3n) is 6.74. The summed E-state index contributed by atoms with van der Waals surface area (Å²) in [6.45, 7) is 8.50. The minimum Gasteiger partial charge on any atom is -0.377 e. The van der Waals surface area contributed by atoms with Crippen molar-refractivity contribution in [2.24, 2.45) is 0 Å². The number of H-pyrrole nitrogens is 1. The first kappa shape index (κ1) is 21.4. The molecule has 0 radical (unpaired) electrons. The van der Waals surface area contributed by atoms with E-state index in [2.05, 4.69) is 37.3 Å². The number of alkyl halides is 2. The third-order valence-corrected chi connectivity index (χ3v) is 6.74. The molecule has 5 rings (SSSR count). The van der Waals surface area contributed by atoms with Gasteiger partial charge in [0.15, 0.2) is 17.5 Å². The molecule has 1 aliphatic carbocycles. The number of nitrogens with one attached hydrogen (secondary N) is 2. The van der Waals surface area contributed by atoms with E-state index in [-0.39, 0.29) is 35.9 Å². The molecule has 11 heteroatoms. The Morgan fingerprint density at radius 3 is 2.50 bits per heavy atom. The normalized spacial score (nSPS) is 23.0. The number of aryl methyl sites for hydroxylation is 1. The number of piperazine rings is 1. The lowest BCUT2D eigenvalue weighted by Crippen LogP contribution is -2.64. The summed E-state index contributed by atoms with van der Waals surface area (Å²) in [5.74, 6) is -2.20. The number of aromatic nitrogens is 4. The van der Waals surface area contributed by atoms with Crippen molar-refractivity contribution >= 4 is 17.5 Å². The quantitative estimate of drug-likeness (QED) is 0.699. The van der Waals surface area contributed by atoms with Crippen molar-refractivity contribution in [1.82, 2.24) is 25.1 Å². The Bertz CT molecular complexity index is 978. The number of hydrogen-bond acceptors (Lipinski definition) is 7. The van der Waals surface area contributed by atoms with Gasteiger partial charge in [-0.2, -0.15) is 9.49 Å². The highest BCUT2D eigenvalue weighted by atomic mass is 19.3. The maximum absolute atomic E-state index is 15.4. The summed E-state index contributed by atoms with van der Waals surface area (Å²) in [6, 6.07) is 1.65. The molecule has 2 aliphatic heterocycles. The van der Waals surface area contributed by atoms with E-state index >= 15 is 4.39 Å². The van der Waals surface area contributed by atoms with Crippen molar-refractivity contribution in [3.63, 3.8) is 0 Å². The number of nitrogens with zero attached hydrogens (tertiary/aromatic N) is 5. The fraction of sp³-hybridized carbons (Fsp3) is 0.667. The largest absolute Gasteiger partial charge is 0.377 e. The molecule has 3 aliphatic rings. The van der Waals surface area contributed by atoms with Crippen LogP contribution in [0.3, 0.4) is 0 Å². The van der Waals surface area contributed by atoms with Crippen molar-refractivity contribution < 1.29 is 17.9 Å². The van der Waals surface area contributed by atoms with E-state index in [1.165, 1.54) is 0 Å². The van der Waals surface area contributed by atoms with Crippen LogP contribution in [0.25, 0.3) is 0 Å². The molecule has 2 N–H and O–H groups in total. The second-order valence-corrected chi connectivity index (χ2v) is 9.24. The van der Waals surface area contributed by atoms with Crippen LogP contribution in [-0.2, 0) is 11.2 Å². The van der Waals surface area contributed by atoms with E-state index in [1.54, 1.807) is 6.07 Å². The Balaban J connectivity index is 1.31. The highest BCUT2D eigenvalue weighted by molar-refractivity contribution is 5.59. The first-order valence-corrected chi connectivity index (χ1v) is 11.1. The van der Waals surface area contributed by atoms with Gasteiger partial charge in [-0.05, 0) is 6.92 Å². The predicted molar refractivity (Wildman–Crippen MR) is 113 cm³/mol. The Morgan fingerprint density at radius 2 is 1.91 bits per heavy atom. The Morgan fingerprint density at radius 1 is 1.19 bits per heavy atom. The lowest BCUT2D eigenvalue weighted by Gasteiger charge is -2.50. The van der Waals surface area contributed by atoms with Crippen molar-refractivity contribution in [3.8, 4) is 0 Å². The van der Waals surface area contributed by atoms with Crippen LogP contribution >= 0.6 is 0 Å². The van der Waals surface area contributed by atoms with Crippen LogP contribution in [-0.4, -0.2) is 75.9 Å². The first-order valence-electron chi connectivity index (χ1n) is 11.1. The number of aromatic amines is 1. The fourth-order valence-electron chi connectivity index (χ4n) is 4.58. The summed E-state index contributed by atoms with van der Waals surface area (Å²) in [6.07, 6.45) is 0.163. The topological polar surface area (TPSA) is 82.2 Å². The van der Waals surface area contributed by atoms with Gasteiger partial charge in [-0.1, -0.05) is 6.92 Å². The van der Waals surface area contributed by atoms with Gasteiger partial charge in [-0.3, -0.25) is 10.00 Å². The van der Waals surface area contributed by atoms with E-state index in [4.69, 9.17) is 4.74 Å². The van der Waals surface area contributed by atoms with Crippen LogP contribution in [0.4, 0.5) is 30.6 Å². The standard InChI is InChI=1S/C21H28F3N7O/c1-3-15-25-18(26-16-8-14(28-29-16)13-9-21(23,24)10-13)17(22)19(27-15)30-4-6-31(7-5-30)20(2)11-32-12-20/h8,13H,3-7,9-12H2,1-2H3,(H2,25,26,27,28,29). The van der Waals surface area contributed by atoms with Crippen molar-refractivity contribution in [2.75, 3.05) is 49.6 Å². The molecular weight excluding hydrogens is 423 g/mol. The van der Waals surface area contributed by atoms with Crippen molar-refractivity contribution in [1.29, 1.82) is 0 Å². The number of ether oxygens (including phenoxy) is 1. The number of halogens is 3. The van der Waals surface area contributed by atoms with Gasteiger partial charge in [0.1, 0.15) is 5.82 Å². The molecule has 2 aromatic heterocycles. The smallest absolute Gasteiger partial charge is 0.249 e. The molecule has 0 spiro atoms. The average molecular weight is 451 g/mol. The van der Waals surface area contributed by atoms with Crippen molar-refractivity contribution in [2.45, 2.75) is 50.5 Å². The SMILES string of the molecule is CCc1nc(Nc2cc(C3CC(F)(F)C3)[nH]n2)c(F)c(N2CCN(C3(C)COC3)CC2)n1. The molecule has 2 aromatic rings. The number of hydrogen-bond donors (Lipinski definition) is 2. The summed E-state index contributed by atoms with van der Waals surface area (Å²) < 4.78 is 47.1. The van der Waals surface area contributed by atoms with Gasteiger partial charge in [0.05, 0.1) is 18.8 Å². The second kappa shape index (κ2) is 7.87. The summed E-state index contributed by atoms with van der Waals surface area (Å²) >= 11 is 0. The summed E-state index contributed by atoms with van der Waals surface area (Å²) in [5.41, 5.74) is 0.688. The van der Waals surface area contributed by atoms with Crippen LogP contribution < -0.4 is 10.2 Å². The first-order chi connectivity index (χ1) is 15.3. The highest BCUT2D eigenvalue weighted by Crippen LogP contribution is 2.48. The number of rotatable bonds is 6. The zero-order chi connectivity index (χ0) is 22.5. The van der Waals surface area contributed by atoms with Crippen LogP contribution in [0.5, 0.6) is 0 Å². The molecular formula is C21H28F3N7O. The lowest BCUT2D eigenvalue weighted by molar-refractivity contribution is -0.131. The number of anilines is 3. The van der Waals surface area contributed by atoms with Gasteiger partial charge in [0, 0.05) is 63.1 Å². The van der Waals surface area contributed by atoms with Crippen molar-refractivity contribution in [3.05, 3.63) is 23.4 Å². The van der Waals surface area contributed by atoms with Gasteiger partial charge < -0.3 is 15.0 Å². The summed E-state index contributed by atoms with van der Waals surface area (Å²) in [4.78, 5) is 13.1. The van der Waals surface area contributed by atoms with E-state index in [0.29, 0.717) is 36.8 Å². The minimum atomic E-state index is -2.61. The Labute approximate surface area is 184 Å². The van der Waals surface area contributed by atoms with E-state index in [1.807, 2.05) is 11.8 Å². The second-order valence-electron chi connectivity index (χ2n) is 9.24. The Kier molecular flexibility index (Phi) is 5.28. The highest BCUT2D eigenvalue weighted by Gasteiger charge is 2.46. The van der Waals surface area contributed by atoms with Crippen LogP contribution in [0.2, 0.25) is 0 Å².